The van der Waals surface area contributed by atoms with Crippen LogP contribution in [0.4, 0.5) is 0 Å². The molecule has 1 spiro atoms. The first-order chi connectivity index (χ1) is 9.22. The van der Waals surface area contributed by atoms with Crippen molar-refractivity contribution < 1.29 is 14.6 Å². The number of methoxy groups -OCH3 is 1. The van der Waals surface area contributed by atoms with Gasteiger partial charge >= 0.3 is 0 Å². The van der Waals surface area contributed by atoms with Gasteiger partial charge in [-0.2, -0.15) is 0 Å². The molecule has 1 saturated heterocycles. The van der Waals surface area contributed by atoms with Crippen LogP contribution in [0.3, 0.4) is 0 Å². The lowest BCUT2D eigenvalue weighted by molar-refractivity contribution is -0.157. The van der Waals surface area contributed by atoms with Crippen molar-refractivity contribution in [3.63, 3.8) is 0 Å². The van der Waals surface area contributed by atoms with Gasteiger partial charge in [-0.1, -0.05) is 0 Å². The zero-order valence-corrected chi connectivity index (χ0v) is 11.3. The van der Waals surface area contributed by atoms with Gasteiger partial charge in [0, 0.05) is 18.9 Å². The first-order valence-electron chi connectivity index (χ1n) is 7.04. The average molecular weight is 263 g/mol. The van der Waals surface area contributed by atoms with Crippen LogP contribution in [0.2, 0.25) is 0 Å². The normalized spacial score (nSPS) is 26.7. The first kappa shape index (κ1) is 12.9. The molecule has 0 aromatic carbocycles. The van der Waals surface area contributed by atoms with Gasteiger partial charge in [0.1, 0.15) is 0 Å². The Balaban J connectivity index is 1.69. The summed E-state index contributed by atoms with van der Waals surface area (Å²) in [4.78, 5) is 4.17. The van der Waals surface area contributed by atoms with Crippen molar-refractivity contribution in [1.29, 1.82) is 0 Å². The number of pyridine rings is 1. The summed E-state index contributed by atoms with van der Waals surface area (Å²) in [6.45, 7) is 0.769. The third-order valence-electron chi connectivity index (χ3n) is 4.55. The number of ether oxygens (including phenoxy) is 2. The SMILES string of the molecule is COc1ccc(C(O)C2CCOC3(CCC3)C2)cn1. The highest BCUT2D eigenvalue weighted by Crippen LogP contribution is 2.47. The molecule has 0 bridgehead atoms. The molecule has 1 aliphatic heterocycles. The standard InChI is InChI=1S/C15H21NO3/c1-18-13-4-3-12(10-16-13)14(17)11-5-8-19-15(9-11)6-2-7-15/h3-4,10-11,14,17H,2,5-9H2,1H3. The van der Waals surface area contributed by atoms with E-state index in [4.69, 9.17) is 9.47 Å². The van der Waals surface area contributed by atoms with Gasteiger partial charge in [0.25, 0.3) is 0 Å². The number of nitrogens with zero attached hydrogens (tertiary/aromatic N) is 1. The molecule has 0 amide bonds. The average Bonchev–Trinajstić information content (AvgIpc) is 2.45. The number of aliphatic hydroxyl groups excluding tert-OH is 1. The molecule has 4 nitrogen and oxygen atoms in total. The molecule has 2 atom stereocenters. The van der Waals surface area contributed by atoms with Crippen LogP contribution in [0.5, 0.6) is 5.88 Å². The Morgan fingerprint density at radius 3 is 2.89 bits per heavy atom. The van der Waals surface area contributed by atoms with E-state index in [1.54, 1.807) is 19.4 Å². The van der Waals surface area contributed by atoms with E-state index in [9.17, 15) is 5.11 Å². The zero-order valence-electron chi connectivity index (χ0n) is 11.3. The fourth-order valence-corrected chi connectivity index (χ4v) is 3.21. The fourth-order valence-electron chi connectivity index (χ4n) is 3.21. The van der Waals surface area contributed by atoms with Crippen molar-refractivity contribution in [2.24, 2.45) is 5.92 Å². The number of aromatic nitrogens is 1. The van der Waals surface area contributed by atoms with Crippen molar-refractivity contribution in [2.45, 2.75) is 43.8 Å². The van der Waals surface area contributed by atoms with Gasteiger partial charge in [0.2, 0.25) is 5.88 Å². The van der Waals surface area contributed by atoms with E-state index in [1.807, 2.05) is 6.07 Å². The minimum atomic E-state index is -0.445. The highest BCUT2D eigenvalue weighted by molar-refractivity contribution is 5.20. The molecular weight excluding hydrogens is 242 g/mol. The Labute approximate surface area is 113 Å². The van der Waals surface area contributed by atoms with E-state index in [2.05, 4.69) is 4.98 Å². The highest BCUT2D eigenvalue weighted by Gasteiger charge is 2.44. The summed E-state index contributed by atoms with van der Waals surface area (Å²) in [5.74, 6) is 0.864. The van der Waals surface area contributed by atoms with Crippen molar-refractivity contribution in [3.8, 4) is 5.88 Å². The summed E-state index contributed by atoms with van der Waals surface area (Å²) in [6.07, 6.45) is 6.72. The fraction of sp³-hybridized carbons (Fsp3) is 0.667. The van der Waals surface area contributed by atoms with Gasteiger partial charge < -0.3 is 14.6 Å². The van der Waals surface area contributed by atoms with Crippen LogP contribution in [0, 0.1) is 5.92 Å². The van der Waals surface area contributed by atoms with Gasteiger partial charge in [-0.05, 0) is 49.7 Å². The van der Waals surface area contributed by atoms with E-state index in [0.29, 0.717) is 5.88 Å². The maximum absolute atomic E-state index is 10.5. The smallest absolute Gasteiger partial charge is 0.212 e. The second-order valence-corrected chi connectivity index (χ2v) is 5.72. The molecule has 104 valence electrons. The Kier molecular flexibility index (Phi) is 3.46. The van der Waals surface area contributed by atoms with E-state index >= 15 is 0 Å². The predicted molar refractivity (Wildman–Crippen MR) is 71.0 cm³/mol. The van der Waals surface area contributed by atoms with E-state index < -0.39 is 6.10 Å². The molecule has 19 heavy (non-hydrogen) atoms. The van der Waals surface area contributed by atoms with Crippen molar-refractivity contribution in [2.75, 3.05) is 13.7 Å². The van der Waals surface area contributed by atoms with Gasteiger partial charge in [-0.3, -0.25) is 0 Å². The summed E-state index contributed by atoms with van der Waals surface area (Å²) in [6, 6.07) is 3.70. The molecule has 2 fully saturated rings. The maximum atomic E-state index is 10.5. The highest BCUT2D eigenvalue weighted by atomic mass is 16.5. The van der Waals surface area contributed by atoms with E-state index in [0.717, 1.165) is 37.9 Å². The Morgan fingerprint density at radius 1 is 1.47 bits per heavy atom. The van der Waals surface area contributed by atoms with Crippen LogP contribution in [-0.4, -0.2) is 29.4 Å². The van der Waals surface area contributed by atoms with Crippen molar-refractivity contribution >= 4 is 0 Å². The Hall–Kier alpha value is -1.13. The summed E-state index contributed by atoms with van der Waals surface area (Å²) >= 11 is 0. The molecular formula is C15H21NO3. The Bertz CT molecular complexity index is 428. The number of aliphatic hydroxyl groups is 1. The lowest BCUT2D eigenvalue weighted by atomic mass is 9.70. The molecule has 1 saturated carbocycles. The van der Waals surface area contributed by atoms with E-state index in [1.165, 1.54) is 6.42 Å². The number of hydrogen-bond donors (Lipinski definition) is 1. The van der Waals surface area contributed by atoms with Crippen LogP contribution < -0.4 is 4.74 Å². The van der Waals surface area contributed by atoms with Crippen LogP contribution in [0.15, 0.2) is 18.3 Å². The summed E-state index contributed by atoms with van der Waals surface area (Å²) < 4.78 is 10.9. The van der Waals surface area contributed by atoms with Gasteiger partial charge in [-0.25, -0.2) is 4.98 Å². The minimum absolute atomic E-state index is 0.0732. The van der Waals surface area contributed by atoms with Crippen molar-refractivity contribution in [1.82, 2.24) is 4.98 Å². The van der Waals surface area contributed by atoms with Crippen LogP contribution >= 0.6 is 0 Å². The molecule has 3 rings (SSSR count). The van der Waals surface area contributed by atoms with Gasteiger partial charge in [0.15, 0.2) is 0 Å². The number of rotatable bonds is 3. The third-order valence-corrected chi connectivity index (χ3v) is 4.55. The molecule has 4 heteroatoms. The zero-order chi connectivity index (χ0) is 13.3. The van der Waals surface area contributed by atoms with Crippen LogP contribution in [-0.2, 0) is 4.74 Å². The monoisotopic (exact) mass is 263 g/mol. The predicted octanol–water partition coefficient (Wildman–Crippen LogP) is 2.47. The topological polar surface area (TPSA) is 51.6 Å². The molecule has 2 heterocycles. The molecule has 1 N–H and O–H groups in total. The summed E-state index contributed by atoms with van der Waals surface area (Å²) in [7, 11) is 1.59. The maximum Gasteiger partial charge on any atom is 0.212 e. The lowest BCUT2D eigenvalue weighted by Gasteiger charge is -2.48. The minimum Gasteiger partial charge on any atom is -0.481 e. The molecule has 2 aliphatic rings. The van der Waals surface area contributed by atoms with Gasteiger partial charge in [0.05, 0.1) is 18.8 Å². The molecule has 0 radical (unpaired) electrons. The van der Waals surface area contributed by atoms with Crippen LogP contribution in [0.25, 0.3) is 0 Å². The molecule has 1 aromatic heterocycles. The summed E-state index contributed by atoms with van der Waals surface area (Å²) in [5, 5.41) is 10.5. The van der Waals surface area contributed by atoms with Gasteiger partial charge in [-0.15, -0.1) is 0 Å². The molecule has 2 unspecified atom stereocenters. The lowest BCUT2D eigenvalue weighted by Crippen LogP contribution is -2.46. The second-order valence-electron chi connectivity index (χ2n) is 5.72. The second kappa shape index (κ2) is 5.10. The Morgan fingerprint density at radius 2 is 2.32 bits per heavy atom. The first-order valence-corrected chi connectivity index (χ1v) is 7.04. The van der Waals surface area contributed by atoms with Crippen LogP contribution in [0.1, 0.15) is 43.8 Å². The number of hydrogen-bond acceptors (Lipinski definition) is 4. The van der Waals surface area contributed by atoms with E-state index in [-0.39, 0.29) is 11.5 Å². The molecule has 1 aromatic rings. The largest absolute Gasteiger partial charge is 0.481 e. The third kappa shape index (κ3) is 2.47. The van der Waals surface area contributed by atoms with Crippen molar-refractivity contribution in [3.05, 3.63) is 23.9 Å². The quantitative estimate of drug-likeness (QED) is 0.910. The molecule has 1 aliphatic carbocycles. The summed E-state index contributed by atoms with van der Waals surface area (Å²) in [5.41, 5.74) is 0.950.